The third-order valence-corrected chi connectivity index (χ3v) is 3.96. The number of amides is 2. The fourth-order valence-corrected chi connectivity index (χ4v) is 2.47. The number of carbonyl (C=O) groups excluding carboxylic acids is 2. The van der Waals surface area contributed by atoms with E-state index in [0.717, 1.165) is 10.0 Å². The molecule has 3 N–H and O–H groups in total. The quantitative estimate of drug-likeness (QED) is 0.519. The summed E-state index contributed by atoms with van der Waals surface area (Å²) in [5.74, 6) is -0.368. The molecule has 2 amide bonds. The van der Waals surface area contributed by atoms with E-state index in [1.165, 1.54) is 6.21 Å². The van der Waals surface area contributed by atoms with Crippen LogP contribution < -0.4 is 15.9 Å². The lowest BCUT2D eigenvalue weighted by Gasteiger charge is -2.06. The van der Waals surface area contributed by atoms with Gasteiger partial charge in [-0.25, -0.2) is 5.43 Å². The predicted octanol–water partition coefficient (Wildman–Crippen LogP) is 2.84. The molecule has 0 aliphatic heterocycles. The molecule has 6 nitrogen and oxygen atoms in total. The average Bonchev–Trinajstić information content (AvgIpc) is 2.54. The lowest BCUT2D eigenvalue weighted by molar-refractivity contribution is -0.119. The van der Waals surface area contributed by atoms with Crippen molar-refractivity contribution in [3.05, 3.63) is 62.5 Å². The van der Waals surface area contributed by atoms with Crippen LogP contribution in [0.25, 0.3) is 0 Å². The van der Waals surface area contributed by atoms with Gasteiger partial charge in [-0.3, -0.25) is 9.59 Å². The van der Waals surface area contributed by atoms with Gasteiger partial charge in [0.1, 0.15) is 5.75 Å². The highest BCUT2D eigenvalue weighted by Gasteiger charge is 2.05. The molecule has 24 heavy (non-hydrogen) atoms. The summed E-state index contributed by atoms with van der Waals surface area (Å²) in [6.07, 6.45) is 1.50. The predicted molar refractivity (Wildman–Crippen MR) is 98.0 cm³/mol. The molecular formula is C16H13Br2N3O3. The van der Waals surface area contributed by atoms with Crippen LogP contribution in [0.4, 0.5) is 0 Å². The van der Waals surface area contributed by atoms with Gasteiger partial charge in [0, 0.05) is 10.0 Å². The summed E-state index contributed by atoms with van der Waals surface area (Å²) < 4.78 is 6.76. The van der Waals surface area contributed by atoms with Gasteiger partial charge >= 0.3 is 0 Å². The Labute approximate surface area is 155 Å². The Morgan fingerprint density at radius 3 is 2.50 bits per heavy atom. The minimum atomic E-state index is -0.553. The van der Waals surface area contributed by atoms with E-state index in [-0.39, 0.29) is 12.5 Å². The Bertz CT molecular complexity index is 777. The molecule has 0 fully saturated rings. The van der Waals surface area contributed by atoms with Crippen molar-refractivity contribution in [3.8, 4) is 5.75 Å². The van der Waals surface area contributed by atoms with E-state index >= 15 is 0 Å². The van der Waals surface area contributed by atoms with Crippen molar-refractivity contribution in [2.75, 3.05) is 6.61 Å². The zero-order chi connectivity index (χ0) is 17.5. The first-order valence-electron chi connectivity index (χ1n) is 6.75. The maximum atomic E-state index is 11.9. The summed E-state index contributed by atoms with van der Waals surface area (Å²) in [4.78, 5) is 22.6. The van der Waals surface area contributed by atoms with Crippen molar-refractivity contribution in [2.45, 2.75) is 0 Å². The van der Waals surface area contributed by atoms with E-state index in [1.54, 1.807) is 42.5 Å². The Hall–Kier alpha value is -2.19. The van der Waals surface area contributed by atoms with Crippen molar-refractivity contribution in [1.29, 1.82) is 0 Å². The van der Waals surface area contributed by atoms with Crippen LogP contribution in [0.15, 0.2) is 56.5 Å². The second-order valence-corrected chi connectivity index (χ2v) is 6.42. The number of nitrogens with one attached hydrogen (secondary N) is 1. The van der Waals surface area contributed by atoms with Crippen LogP contribution in [0, 0.1) is 0 Å². The Morgan fingerprint density at radius 2 is 1.88 bits per heavy atom. The van der Waals surface area contributed by atoms with Gasteiger partial charge in [-0.2, -0.15) is 5.10 Å². The van der Waals surface area contributed by atoms with E-state index in [0.29, 0.717) is 15.8 Å². The number of rotatable bonds is 6. The summed E-state index contributed by atoms with van der Waals surface area (Å²) in [6, 6.07) is 12.1. The van der Waals surface area contributed by atoms with Crippen molar-refractivity contribution in [1.82, 2.24) is 5.43 Å². The van der Waals surface area contributed by atoms with Gasteiger partial charge in [-0.15, -0.1) is 0 Å². The zero-order valence-electron chi connectivity index (χ0n) is 12.3. The summed E-state index contributed by atoms with van der Waals surface area (Å²) in [6.45, 7) is -0.199. The summed E-state index contributed by atoms with van der Waals surface area (Å²) >= 11 is 6.64. The van der Waals surface area contributed by atoms with E-state index < -0.39 is 5.91 Å². The molecule has 0 bridgehead atoms. The summed E-state index contributed by atoms with van der Waals surface area (Å²) in [5, 5.41) is 3.91. The molecular weight excluding hydrogens is 442 g/mol. The van der Waals surface area contributed by atoms with Crippen molar-refractivity contribution in [2.24, 2.45) is 10.8 Å². The number of hydrazone groups is 1. The molecule has 0 aromatic heterocycles. The molecule has 0 atom stereocenters. The van der Waals surface area contributed by atoms with Crippen LogP contribution in [0.1, 0.15) is 15.9 Å². The smallest absolute Gasteiger partial charge is 0.271 e. The van der Waals surface area contributed by atoms with Gasteiger partial charge in [0.25, 0.3) is 11.8 Å². The second kappa shape index (κ2) is 8.60. The first kappa shape index (κ1) is 18.2. The Morgan fingerprint density at radius 1 is 1.17 bits per heavy atom. The topological polar surface area (TPSA) is 93.8 Å². The molecule has 0 radical (unpaired) electrons. The SMILES string of the molecule is NC(=O)COc1ccc(/C=N/NC(=O)c2ccc(Br)cc2)cc1Br. The number of nitrogens with zero attached hydrogens (tertiary/aromatic N) is 1. The van der Waals surface area contributed by atoms with Crippen LogP contribution in [0.5, 0.6) is 5.75 Å². The number of primary amides is 1. The van der Waals surface area contributed by atoms with Gasteiger partial charge in [0.05, 0.1) is 10.7 Å². The molecule has 124 valence electrons. The molecule has 0 saturated heterocycles. The highest BCUT2D eigenvalue weighted by molar-refractivity contribution is 9.10. The van der Waals surface area contributed by atoms with E-state index in [9.17, 15) is 9.59 Å². The van der Waals surface area contributed by atoms with E-state index in [4.69, 9.17) is 10.5 Å². The number of benzene rings is 2. The average molecular weight is 455 g/mol. The Kier molecular flexibility index (Phi) is 6.51. The lowest BCUT2D eigenvalue weighted by atomic mass is 10.2. The number of carbonyl (C=O) groups is 2. The highest BCUT2D eigenvalue weighted by atomic mass is 79.9. The largest absolute Gasteiger partial charge is 0.483 e. The van der Waals surface area contributed by atoms with Crippen LogP contribution in [-0.2, 0) is 4.79 Å². The fraction of sp³-hybridized carbons (Fsp3) is 0.0625. The summed E-state index contributed by atoms with van der Waals surface area (Å²) in [7, 11) is 0. The van der Waals surface area contributed by atoms with Gasteiger partial charge < -0.3 is 10.5 Å². The van der Waals surface area contributed by atoms with Gasteiger partial charge in [0.2, 0.25) is 0 Å². The normalized spacial score (nSPS) is 10.6. The lowest BCUT2D eigenvalue weighted by Crippen LogP contribution is -2.20. The molecule has 2 aromatic rings. The van der Waals surface area contributed by atoms with Gasteiger partial charge in [-0.05, 0) is 64.0 Å². The molecule has 0 aliphatic carbocycles. The van der Waals surface area contributed by atoms with Crippen LogP contribution in [-0.4, -0.2) is 24.6 Å². The highest BCUT2D eigenvalue weighted by Crippen LogP contribution is 2.25. The van der Waals surface area contributed by atoms with Crippen molar-refractivity contribution < 1.29 is 14.3 Å². The van der Waals surface area contributed by atoms with Crippen molar-refractivity contribution in [3.63, 3.8) is 0 Å². The van der Waals surface area contributed by atoms with E-state index in [1.807, 2.05) is 0 Å². The number of halogens is 2. The molecule has 0 spiro atoms. The van der Waals surface area contributed by atoms with Gasteiger partial charge in [0.15, 0.2) is 6.61 Å². The Balaban J connectivity index is 1.96. The number of nitrogens with two attached hydrogens (primary N) is 1. The molecule has 0 aliphatic rings. The molecule has 2 rings (SSSR count). The number of hydrogen-bond donors (Lipinski definition) is 2. The van der Waals surface area contributed by atoms with E-state index in [2.05, 4.69) is 42.4 Å². The number of ether oxygens (including phenoxy) is 1. The third-order valence-electron chi connectivity index (χ3n) is 2.81. The number of hydrogen-bond acceptors (Lipinski definition) is 4. The second-order valence-electron chi connectivity index (χ2n) is 4.65. The molecule has 0 heterocycles. The van der Waals surface area contributed by atoms with Crippen LogP contribution >= 0.6 is 31.9 Å². The fourth-order valence-electron chi connectivity index (χ4n) is 1.69. The maximum Gasteiger partial charge on any atom is 0.271 e. The monoisotopic (exact) mass is 453 g/mol. The van der Waals surface area contributed by atoms with Crippen LogP contribution in [0.3, 0.4) is 0 Å². The molecule has 8 heteroatoms. The first-order valence-corrected chi connectivity index (χ1v) is 8.34. The van der Waals surface area contributed by atoms with Crippen LogP contribution in [0.2, 0.25) is 0 Å². The standard InChI is InChI=1S/C16H13Br2N3O3/c17-12-4-2-11(3-5-12)16(23)21-20-8-10-1-6-14(13(18)7-10)24-9-15(19)22/h1-8H,9H2,(H2,19,22)(H,21,23)/b20-8+. The summed E-state index contributed by atoms with van der Waals surface area (Å²) in [5.41, 5.74) is 8.72. The zero-order valence-corrected chi connectivity index (χ0v) is 15.5. The first-order chi connectivity index (χ1) is 11.5. The minimum absolute atomic E-state index is 0.199. The van der Waals surface area contributed by atoms with Crippen molar-refractivity contribution >= 4 is 49.9 Å². The maximum absolute atomic E-state index is 11.9. The third kappa shape index (κ3) is 5.47. The molecule has 0 saturated carbocycles. The molecule has 2 aromatic carbocycles. The van der Waals surface area contributed by atoms with Gasteiger partial charge in [-0.1, -0.05) is 15.9 Å². The molecule has 0 unspecified atom stereocenters. The minimum Gasteiger partial charge on any atom is -0.483 e.